The molecule has 1 atom stereocenters. The zero-order valence-electron chi connectivity index (χ0n) is 5.16. The predicted octanol–water partition coefficient (Wildman–Crippen LogP) is 1.73. The zero-order valence-corrected chi connectivity index (χ0v) is 7.49. The van der Waals surface area contributed by atoms with E-state index in [9.17, 15) is 0 Å². The van der Waals surface area contributed by atoms with Crippen LogP contribution in [0.2, 0.25) is 0 Å². The van der Waals surface area contributed by atoms with Crippen molar-refractivity contribution in [2.75, 3.05) is 6.26 Å². The zero-order chi connectivity index (χ0) is 7.56. The van der Waals surface area contributed by atoms with E-state index in [1.807, 2.05) is 6.26 Å². The fraction of sp³-hybridized carbons (Fsp3) is 0.500. The Morgan fingerprint density at radius 1 is 1.80 bits per heavy atom. The summed E-state index contributed by atoms with van der Waals surface area (Å²) < 4.78 is 1.28. The van der Waals surface area contributed by atoms with Gasteiger partial charge in [0, 0.05) is 11.8 Å². The van der Waals surface area contributed by atoms with E-state index < -0.39 is 0 Å². The molecule has 0 bridgehead atoms. The lowest BCUT2D eigenvalue weighted by Crippen LogP contribution is -2.28. The molecule has 0 N–H and O–H groups in total. The van der Waals surface area contributed by atoms with Crippen molar-refractivity contribution in [1.82, 2.24) is 4.42 Å². The van der Waals surface area contributed by atoms with Crippen molar-refractivity contribution >= 4 is 46.8 Å². The van der Waals surface area contributed by atoms with Gasteiger partial charge < -0.3 is 0 Å². The summed E-state index contributed by atoms with van der Waals surface area (Å²) in [5, 5.41) is 0.260. The van der Waals surface area contributed by atoms with Crippen molar-refractivity contribution in [1.29, 1.82) is 0 Å². The maximum absolute atomic E-state index is 5.67. The molecule has 1 heterocycles. The largest absolute Gasteiger partial charge is 0.237 e. The normalized spacial score (nSPS) is 24.9. The molecule has 0 amide bonds. The smallest absolute Gasteiger partial charge is 0.217 e. The average molecular weight is 198 g/mol. The number of hydrogen-bond donors (Lipinski definition) is 0. The first kappa shape index (κ1) is 8.17. The molecule has 0 aromatic carbocycles. The third-order valence-corrected chi connectivity index (χ3v) is 2.52. The van der Waals surface area contributed by atoms with Gasteiger partial charge in [-0.25, -0.2) is 14.4 Å². The van der Waals surface area contributed by atoms with Gasteiger partial charge in [-0.3, -0.25) is 0 Å². The highest BCUT2D eigenvalue weighted by molar-refractivity contribution is 7.99. The number of amidine groups is 1. The predicted molar refractivity (Wildman–Crippen MR) is 46.8 cm³/mol. The summed E-state index contributed by atoms with van der Waals surface area (Å²) in [5.41, 5.74) is -0.147. The van der Waals surface area contributed by atoms with E-state index in [4.69, 9.17) is 23.4 Å². The Bertz CT molecular complexity index is 181. The lowest BCUT2D eigenvalue weighted by molar-refractivity contribution is 0.631. The van der Waals surface area contributed by atoms with Crippen LogP contribution in [-0.4, -0.2) is 27.8 Å². The maximum atomic E-state index is 5.67. The van der Waals surface area contributed by atoms with Crippen LogP contribution in [0.5, 0.6) is 0 Å². The molecular formula is C4H5Cl2N3S. The first-order valence-electron chi connectivity index (χ1n) is 2.48. The van der Waals surface area contributed by atoms with Gasteiger partial charge in [-0.05, 0) is 17.9 Å². The van der Waals surface area contributed by atoms with Crippen molar-refractivity contribution in [3.63, 3.8) is 0 Å². The second kappa shape index (κ2) is 3.46. The molecule has 0 aliphatic carbocycles. The van der Waals surface area contributed by atoms with Gasteiger partial charge in [0.2, 0.25) is 5.29 Å². The highest BCUT2D eigenvalue weighted by atomic mass is 35.5. The van der Waals surface area contributed by atoms with Crippen molar-refractivity contribution in [3.05, 3.63) is 0 Å². The minimum atomic E-state index is -0.147. The number of thioether (sulfide) groups is 1. The molecule has 0 fully saturated rings. The second-order valence-electron chi connectivity index (χ2n) is 1.54. The van der Waals surface area contributed by atoms with Crippen LogP contribution < -0.4 is 0 Å². The Morgan fingerprint density at radius 2 is 2.50 bits per heavy atom. The van der Waals surface area contributed by atoms with Gasteiger partial charge in [0.15, 0.2) is 5.50 Å². The molecular weight excluding hydrogens is 193 g/mol. The molecule has 0 spiro atoms. The summed E-state index contributed by atoms with van der Waals surface area (Å²) in [6.07, 6.45) is 3.30. The van der Waals surface area contributed by atoms with Crippen molar-refractivity contribution in [3.8, 4) is 0 Å². The summed E-state index contributed by atoms with van der Waals surface area (Å²) in [6.45, 7) is 0. The quantitative estimate of drug-likeness (QED) is 0.474. The van der Waals surface area contributed by atoms with Crippen molar-refractivity contribution < 1.29 is 0 Å². The summed E-state index contributed by atoms with van der Waals surface area (Å²) in [4.78, 5) is 7.62. The van der Waals surface area contributed by atoms with Gasteiger partial charge >= 0.3 is 0 Å². The molecule has 1 aliphatic rings. The van der Waals surface area contributed by atoms with E-state index in [0.29, 0.717) is 0 Å². The maximum Gasteiger partial charge on any atom is 0.217 e. The van der Waals surface area contributed by atoms with Crippen LogP contribution >= 0.6 is 35.1 Å². The second-order valence-corrected chi connectivity index (χ2v) is 3.13. The van der Waals surface area contributed by atoms with E-state index in [2.05, 4.69) is 9.98 Å². The van der Waals surface area contributed by atoms with Crippen LogP contribution in [0.25, 0.3) is 0 Å². The van der Waals surface area contributed by atoms with E-state index in [-0.39, 0.29) is 10.8 Å². The van der Waals surface area contributed by atoms with Crippen LogP contribution in [0.3, 0.4) is 0 Å². The van der Waals surface area contributed by atoms with E-state index >= 15 is 0 Å². The van der Waals surface area contributed by atoms with E-state index in [1.165, 1.54) is 22.5 Å². The molecule has 0 aromatic rings. The first-order chi connectivity index (χ1) is 4.75. The summed E-state index contributed by atoms with van der Waals surface area (Å²) in [7, 11) is 0. The molecule has 1 aliphatic heterocycles. The third-order valence-electron chi connectivity index (χ3n) is 0.939. The molecule has 10 heavy (non-hydrogen) atoms. The average Bonchev–Trinajstić information content (AvgIpc) is 1.95. The number of nitrogens with zero attached hydrogens (tertiary/aromatic N) is 3. The van der Waals surface area contributed by atoms with Gasteiger partial charge in [0.05, 0.1) is 0 Å². The number of aliphatic imine (C=N–C) groups is 2. The minimum Gasteiger partial charge on any atom is -0.237 e. The fourth-order valence-corrected chi connectivity index (χ4v) is 1.48. The molecule has 6 heteroatoms. The standard InChI is InChI=1S/C4H5Cl2N3S/c1-10-4-8-2-7-3(5)9(4)6/h2,4H,1H3. The van der Waals surface area contributed by atoms with Crippen molar-refractivity contribution in [2.24, 2.45) is 9.98 Å². The third kappa shape index (κ3) is 1.56. The Balaban J connectivity index is 2.68. The monoisotopic (exact) mass is 197 g/mol. The van der Waals surface area contributed by atoms with Gasteiger partial charge in [-0.2, -0.15) is 0 Å². The molecule has 0 aromatic heterocycles. The molecule has 3 nitrogen and oxygen atoms in total. The molecule has 1 unspecified atom stereocenters. The molecule has 0 saturated heterocycles. The van der Waals surface area contributed by atoms with E-state index in [0.717, 1.165) is 0 Å². The minimum absolute atomic E-state index is 0.147. The van der Waals surface area contributed by atoms with Gasteiger partial charge in [-0.15, -0.1) is 11.8 Å². The van der Waals surface area contributed by atoms with Gasteiger partial charge in [0.1, 0.15) is 6.34 Å². The lowest BCUT2D eigenvalue weighted by Gasteiger charge is -2.21. The van der Waals surface area contributed by atoms with Crippen LogP contribution in [-0.2, 0) is 0 Å². The Kier molecular flexibility index (Phi) is 2.82. The summed E-state index contributed by atoms with van der Waals surface area (Å²) in [6, 6.07) is 0. The summed E-state index contributed by atoms with van der Waals surface area (Å²) >= 11 is 12.7. The van der Waals surface area contributed by atoms with Gasteiger partial charge in [-0.1, -0.05) is 0 Å². The first-order valence-corrected chi connectivity index (χ1v) is 4.49. The van der Waals surface area contributed by atoms with Crippen molar-refractivity contribution in [2.45, 2.75) is 5.50 Å². The van der Waals surface area contributed by atoms with Crippen LogP contribution in [0.4, 0.5) is 0 Å². The van der Waals surface area contributed by atoms with Crippen LogP contribution in [0, 0.1) is 0 Å². The molecule has 56 valence electrons. The lowest BCUT2D eigenvalue weighted by atomic mass is 10.9. The Hall–Kier alpha value is 0.0700. The topological polar surface area (TPSA) is 28.0 Å². The van der Waals surface area contributed by atoms with E-state index in [1.54, 1.807) is 0 Å². The Labute approximate surface area is 73.2 Å². The number of hydrogen-bond acceptors (Lipinski definition) is 4. The highest BCUT2D eigenvalue weighted by Crippen LogP contribution is 2.20. The fourth-order valence-electron chi connectivity index (χ4n) is 0.496. The summed E-state index contributed by atoms with van der Waals surface area (Å²) in [5.74, 6) is 0. The van der Waals surface area contributed by atoms with Crippen LogP contribution in [0.15, 0.2) is 9.98 Å². The SMILES string of the molecule is CSC1N=CN=C(Cl)N1Cl. The number of rotatable bonds is 1. The highest BCUT2D eigenvalue weighted by Gasteiger charge is 2.18. The molecule has 0 saturated carbocycles. The van der Waals surface area contributed by atoms with Crippen LogP contribution in [0.1, 0.15) is 0 Å². The van der Waals surface area contributed by atoms with Gasteiger partial charge in [0.25, 0.3) is 0 Å². The number of halogens is 2. The Morgan fingerprint density at radius 3 is 3.00 bits per heavy atom. The molecule has 0 radical (unpaired) electrons. The molecule has 1 rings (SSSR count).